The zero-order valence-electron chi connectivity index (χ0n) is 12.5. The summed E-state index contributed by atoms with van der Waals surface area (Å²) in [5, 5.41) is 9.71. The van der Waals surface area contributed by atoms with Crippen molar-refractivity contribution in [1.82, 2.24) is 0 Å². The van der Waals surface area contributed by atoms with Gasteiger partial charge in [0.1, 0.15) is 0 Å². The number of rotatable bonds is 3. The topological polar surface area (TPSA) is 32.7 Å². The second-order valence-electron chi connectivity index (χ2n) is 5.65. The predicted octanol–water partition coefficient (Wildman–Crippen LogP) is 3.74. The Balaban J connectivity index is 1.90. The molecule has 0 aromatic heterocycles. The van der Waals surface area contributed by atoms with Crippen LogP contribution in [0.5, 0.6) is 11.5 Å². The summed E-state index contributed by atoms with van der Waals surface area (Å²) in [5.74, 6) is 0.721. The number of methoxy groups -OCH3 is 1. The third-order valence-electron chi connectivity index (χ3n) is 4.26. The molecule has 0 aliphatic carbocycles. The highest BCUT2D eigenvalue weighted by atomic mass is 16.5. The quantitative estimate of drug-likeness (QED) is 0.931. The highest BCUT2D eigenvalue weighted by Gasteiger charge is 2.22. The van der Waals surface area contributed by atoms with E-state index in [-0.39, 0.29) is 5.75 Å². The van der Waals surface area contributed by atoms with E-state index in [9.17, 15) is 5.11 Å². The SMILES string of the molecule is COc1cc(CN2c3ccccc3CCC2C)ccc1O. The molecule has 1 aliphatic heterocycles. The van der Waals surface area contributed by atoms with Gasteiger partial charge in [0, 0.05) is 18.3 Å². The lowest BCUT2D eigenvalue weighted by molar-refractivity contribution is 0.373. The van der Waals surface area contributed by atoms with E-state index < -0.39 is 0 Å². The number of hydrogen-bond acceptors (Lipinski definition) is 3. The molecule has 110 valence electrons. The zero-order chi connectivity index (χ0) is 14.8. The molecule has 1 unspecified atom stereocenters. The Hall–Kier alpha value is -2.16. The minimum atomic E-state index is 0.188. The van der Waals surface area contributed by atoms with E-state index in [1.54, 1.807) is 13.2 Å². The van der Waals surface area contributed by atoms with E-state index in [1.807, 2.05) is 12.1 Å². The first kappa shape index (κ1) is 13.8. The predicted molar refractivity (Wildman–Crippen MR) is 85.1 cm³/mol. The molecule has 21 heavy (non-hydrogen) atoms. The van der Waals surface area contributed by atoms with Gasteiger partial charge in [-0.3, -0.25) is 0 Å². The summed E-state index contributed by atoms with van der Waals surface area (Å²) in [6, 6.07) is 14.7. The summed E-state index contributed by atoms with van der Waals surface area (Å²) in [5.41, 5.74) is 3.89. The molecule has 0 fully saturated rings. The fourth-order valence-corrected chi connectivity index (χ4v) is 3.02. The van der Waals surface area contributed by atoms with Crippen LogP contribution in [0.2, 0.25) is 0 Å². The summed E-state index contributed by atoms with van der Waals surface area (Å²) in [6.45, 7) is 3.10. The fraction of sp³-hybridized carbons (Fsp3) is 0.333. The number of phenolic OH excluding ortho intramolecular Hbond substituents is 1. The van der Waals surface area contributed by atoms with Crippen molar-refractivity contribution in [3.8, 4) is 11.5 Å². The van der Waals surface area contributed by atoms with Gasteiger partial charge in [-0.15, -0.1) is 0 Å². The van der Waals surface area contributed by atoms with E-state index in [0.29, 0.717) is 11.8 Å². The summed E-state index contributed by atoms with van der Waals surface area (Å²) in [7, 11) is 1.58. The maximum atomic E-state index is 9.71. The average Bonchev–Trinajstić information content (AvgIpc) is 2.52. The van der Waals surface area contributed by atoms with Gasteiger partial charge in [0.2, 0.25) is 0 Å². The van der Waals surface area contributed by atoms with Gasteiger partial charge in [-0.2, -0.15) is 0 Å². The molecule has 3 nitrogen and oxygen atoms in total. The Kier molecular flexibility index (Phi) is 3.74. The molecule has 1 atom stereocenters. The third-order valence-corrected chi connectivity index (χ3v) is 4.26. The molecule has 1 N–H and O–H groups in total. The number of anilines is 1. The second-order valence-corrected chi connectivity index (χ2v) is 5.65. The lowest BCUT2D eigenvalue weighted by Gasteiger charge is -2.37. The summed E-state index contributed by atoms with van der Waals surface area (Å²) < 4.78 is 5.20. The Morgan fingerprint density at radius 1 is 1.24 bits per heavy atom. The Bertz CT molecular complexity index is 639. The third kappa shape index (κ3) is 2.68. The molecule has 1 heterocycles. The van der Waals surface area contributed by atoms with Gasteiger partial charge in [-0.05, 0) is 49.1 Å². The molecule has 2 aromatic carbocycles. The van der Waals surface area contributed by atoms with E-state index in [0.717, 1.165) is 18.5 Å². The van der Waals surface area contributed by atoms with E-state index >= 15 is 0 Å². The first-order valence-corrected chi connectivity index (χ1v) is 7.39. The van der Waals surface area contributed by atoms with Crippen LogP contribution >= 0.6 is 0 Å². The summed E-state index contributed by atoms with van der Waals surface area (Å²) >= 11 is 0. The van der Waals surface area contributed by atoms with Gasteiger partial charge in [0.25, 0.3) is 0 Å². The number of nitrogens with zero attached hydrogens (tertiary/aromatic N) is 1. The molecule has 0 radical (unpaired) electrons. The van der Waals surface area contributed by atoms with Crippen LogP contribution in [0, 0.1) is 0 Å². The molecule has 0 amide bonds. The van der Waals surface area contributed by atoms with Crippen molar-refractivity contribution < 1.29 is 9.84 Å². The Morgan fingerprint density at radius 3 is 2.86 bits per heavy atom. The summed E-state index contributed by atoms with van der Waals surface area (Å²) in [4.78, 5) is 2.44. The van der Waals surface area contributed by atoms with Crippen molar-refractivity contribution in [2.75, 3.05) is 12.0 Å². The van der Waals surface area contributed by atoms with Crippen molar-refractivity contribution in [3.05, 3.63) is 53.6 Å². The molecule has 3 rings (SSSR count). The van der Waals surface area contributed by atoms with Crippen molar-refractivity contribution in [1.29, 1.82) is 0 Å². The first-order chi connectivity index (χ1) is 10.2. The van der Waals surface area contributed by atoms with Gasteiger partial charge >= 0.3 is 0 Å². The number of para-hydroxylation sites is 1. The maximum Gasteiger partial charge on any atom is 0.160 e. The van der Waals surface area contributed by atoms with Gasteiger partial charge < -0.3 is 14.7 Å². The Labute approximate surface area is 125 Å². The fourth-order valence-electron chi connectivity index (χ4n) is 3.02. The number of phenols is 1. The van der Waals surface area contributed by atoms with E-state index in [1.165, 1.54) is 17.7 Å². The van der Waals surface area contributed by atoms with E-state index in [2.05, 4.69) is 36.1 Å². The van der Waals surface area contributed by atoms with Crippen molar-refractivity contribution in [2.45, 2.75) is 32.4 Å². The average molecular weight is 283 g/mol. The van der Waals surface area contributed by atoms with Crippen LogP contribution in [0.25, 0.3) is 0 Å². The molecule has 2 aromatic rings. The van der Waals surface area contributed by atoms with Crippen LogP contribution < -0.4 is 9.64 Å². The van der Waals surface area contributed by atoms with Crippen molar-refractivity contribution in [3.63, 3.8) is 0 Å². The van der Waals surface area contributed by atoms with Gasteiger partial charge in [-0.1, -0.05) is 24.3 Å². The molecule has 0 saturated carbocycles. The summed E-state index contributed by atoms with van der Waals surface area (Å²) in [6.07, 6.45) is 2.32. The normalized spacial score (nSPS) is 17.4. The maximum absolute atomic E-state index is 9.71. The zero-order valence-corrected chi connectivity index (χ0v) is 12.5. The van der Waals surface area contributed by atoms with Crippen molar-refractivity contribution in [2.24, 2.45) is 0 Å². The van der Waals surface area contributed by atoms with Crippen LogP contribution in [0.4, 0.5) is 5.69 Å². The molecule has 3 heteroatoms. The number of aryl methyl sites for hydroxylation is 1. The number of aromatic hydroxyl groups is 1. The van der Waals surface area contributed by atoms with Crippen LogP contribution in [-0.4, -0.2) is 18.3 Å². The monoisotopic (exact) mass is 283 g/mol. The second kappa shape index (κ2) is 5.68. The largest absolute Gasteiger partial charge is 0.504 e. The van der Waals surface area contributed by atoms with Gasteiger partial charge in [0.15, 0.2) is 11.5 Å². The first-order valence-electron chi connectivity index (χ1n) is 7.39. The standard InChI is InChI=1S/C18H21NO2/c1-13-7-9-15-5-3-4-6-16(15)19(13)12-14-8-10-17(20)18(11-14)21-2/h3-6,8,10-11,13,20H,7,9,12H2,1-2H3. The lowest BCUT2D eigenvalue weighted by atomic mass is 9.96. The number of ether oxygens (including phenoxy) is 1. The minimum absolute atomic E-state index is 0.188. The highest BCUT2D eigenvalue weighted by Crippen LogP contribution is 2.33. The number of hydrogen-bond donors (Lipinski definition) is 1. The molecule has 1 aliphatic rings. The molecule has 0 bridgehead atoms. The Morgan fingerprint density at radius 2 is 2.05 bits per heavy atom. The molecule has 0 saturated heterocycles. The minimum Gasteiger partial charge on any atom is -0.504 e. The molecular weight excluding hydrogens is 262 g/mol. The van der Waals surface area contributed by atoms with Crippen LogP contribution in [0.3, 0.4) is 0 Å². The molecule has 0 spiro atoms. The van der Waals surface area contributed by atoms with Crippen LogP contribution in [0.1, 0.15) is 24.5 Å². The number of fused-ring (bicyclic) bond motifs is 1. The van der Waals surface area contributed by atoms with Crippen LogP contribution in [-0.2, 0) is 13.0 Å². The van der Waals surface area contributed by atoms with Gasteiger partial charge in [0.05, 0.1) is 7.11 Å². The highest BCUT2D eigenvalue weighted by molar-refractivity contribution is 5.57. The van der Waals surface area contributed by atoms with Gasteiger partial charge in [-0.25, -0.2) is 0 Å². The van der Waals surface area contributed by atoms with Crippen LogP contribution in [0.15, 0.2) is 42.5 Å². The lowest BCUT2D eigenvalue weighted by Crippen LogP contribution is -2.36. The van der Waals surface area contributed by atoms with Crippen molar-refractivity contribution >= 4 is 5.69 Å². The van der Waals surface area contributed by atoms with E-state index in [4.69, 9.17) is 4.74 Å². The number of benzene rings is 2. The smallest absolute Gasteiger partial charge is 0.160 e. The molecular formula is C18H21NO2.